The first kappa shape index (κ1) is 73.7. The Morgan fingerprint density at radius 3 is 0.851 bits per heavy atom. The largest absolute Gasteiger partial charge is 0.464 e. The summed E-state index contributed by atoms with van der Waals surface area (Å²) in [6.07, 6.45) is -3.77. The quantitative estimate of drug-likeness (QED) is 0.0119. The van der Waals surface area contributed by atoms with E-state index >= 15 is 0 Å². The van der Waals surface area contributed by atoms with Gasteiger partial charge in [0.2, 0.25) is 17.7 Å². The summed E-state index contributed by atoms with van der Waals surface area (Å²) in [4.78, 5) is 82.7. The van der Waals surface area contributed by atoms with Crippen molar-refractivity contribution >= 4 is 122 Å². The summed E-state index contributed by atoms with van der Waals surface area (Å²) in [5, 5.41) is 7.63. The minimum absolute atomic E-state index is 0.0146. The third kappa shape index (κ3) is 32.4. The lowest BCUT2D eigenvalue weighted by Gasteiger charge is -2.23. The molecule has 0 heterocycles. The van der Waals surface area contributed by atoms with E-state index in [1.807, 2.05) is 77.7 Å². The number of anilines is 3. The number of hydrogen-bond acceptors (Lipinski definition) is 15. The summed E-state index contributed by atoms with van der Waals surface area (Å²) in [6, 6.07) is 31.9. The molecular formula is C74H94Cl6F3N9O9. The number of halogens is 9. The smallest absolute Gasteiger partial charge is 0.328 e. The maximum atomic E-state index is 13.3. The van der Waals surface area contributed by atoms with Crippen LogP contribution in [-0.4, -0.2) is 166 Å². The van der Waals surface area contributed by atoms with Crippen LogP contribution in [0.1, 0.15) is 77.9 Å². The zero-order valence-electron chi connectivity index (χ0n) is 64.4. The Hall–Kier alpha value is -7.05. The molecule has 9 N–H and O–H groups in total. The number of carbonyl (C=O) groups excluding carboxylic acids is 6. The second-order valence-corrected chi connectivity index (χ2v) is 24.8. The van der Waals surface area contributed by atoms with Crippen LogP contribution in [-0.2, 0) is 81.5 Å². The number of nitrogens with one attached hydrogen (secondary N) is 3. The fraction of sp³-hybridized carbons (Fsp3) is 0.432. The van der Waals surface area contributed by atoms with Gasteiger partial charge in [-0.25, -0.2) is 27.6 Å². The van der Waals surface area contributed by atoms with Gasteiger partial charge in [-0.2, -0.15) is 0 Å². The Balaban J connectivity index is 0.000000346. The average molecular weight is 1530 g/mol. The molecule has 18 nitrogen and oxygen atoms in total. The molecule has 0 aliphatic heterocycles. The van der Waals surface area contributed by atoms with E-state index in [2.05, 4.69) is 25.8 Å². The number of ether oxygens (including phenoxy) is 3. The van der Waals surface area contributed by atoms with Crippen molar-refractivity contribution in [2.45, 2.75) is 108 Å². The Morgan fingerprint density at radius 2 is 0.614 bits per heavy atom. The van der Waals surface area contributed by atoms with Gasteiger partial charge in [-0.05, 0) is 145 Å². The van der Waals surface area contributed by atoms with Gasteiger partial charge in [-0.3, -0.25) is 14.4 Å². The molecule has 27 heteroatoms. The number of benzene rings is 6. The van der Waals surface area contributed by atoms with Crippen LogP contribution in [0.2, 0.25) is 0 Å². The van der Waals surface area contributed by atoms with Gasteiger partial charge in [0.25, 0.3) is 0 Å². The number of hydrogen-bond donors (Lipinski definition) is 6. The second-order valence-electron chi connectivity index (χ2n) is 22.6. The fourth-order valence-electron chi connectivity index (χ4n) is 9.86. The van der Waals surface area contributed by atoms with Gasteiger partial charge in [0, 0.05) is 116 Å². The van der Waals surface area contributed by atoms with Crippen molar-refractivity contribution in [3.05, 3.63) is 196 Å². The summed E-state index contributed by atoms with van der Waals surface area (Å²) in [7, 11) is 0. The van der Waals surface area contributed by atoms with Gasteiger partial charge >= 0.3 is 17.9 Å². The number of amides is 3. The number of esters is 3. The third-order valence-electron chi connectivity index (χ3n) is 15.1. The lowest BCUT2D eigenvalue weighted by molar-refractivity contribution is -0.148. The molecule has 6 atom stereocenters. The molecule has 0 fully saturated rings. The molecule has 0 saturated carbocycles. The molecular weight excluding hydrogens is 1430 g/mol. The Morgan fingerprint density at radius 1 is 0.376 bits per heavy atom. The van der Waals surface area contributed by atoms with Crippen LogP contribution >= 0.6 is 69.6 Å². The van der Waals surface area contributed by atoms with E-state index in [0.717, 1.165) is 47.6 Å². The maximum absolute atomic E-state index is 13.3. The van der Waals surface area contributed by atoms with Crippen LogP contribution in [0.5, 0.6) is 0 Å². The molecule has 6 aromatic rings. The van der Waals surface area contributed by atoms with Crippen molar-refractivity contribution in [1.82, 2.24) is 16.0 Å². The molecule has 0 aliphatic rings. The number of nitrogens with zero attached hydrogens (tertiary/aromatic N) is 3. The van der Waals surface area contributed by atoms with Crippen molar-refractivity contribution in [2.24, 2.45) is 17.2 Å². The molecule has 0 spiro atoms. The predicted molar refractivity (Wildman–Crippen MR) is 401 cm³/mol. The molecule has 0 aliphatic carbocycles. The molecule has 0 bridgehead atoms. The first-order valence-electron chi connectivity index (χ1n) is 36.2. The van der Waals surface area contributed by atoms with Gasteiger partial charge in [0.15, 0.2) is 0 Å². The Bertz CT molecular complexity index is 3740. The molecule has 101 heavy (non-hydrogen) atoms. The van der Waals surface area contributed by atoms with E-state index in [1.165, 1.54) is 79.7 Å². The zero-order chi connectivity index (χ0) is 81.2. The molecule has 3 amide bonds. The molecule has 6 aromatic carbocycles. The van der Waals surface area contributed by atoms with Crippen molar-refractivity contribution < 1.29 is 67.1 Å². The lowest BCUT2D eigenvalue weighted by Crippen LogP contribution is -2.50. The monoisotopic (exact) mass is 1530 g/mol. The highest BCUT2D eigenvalue weighted by Gasteiger charge is 2.29. The molecule has 0 aromatic heterocycles. The van der Waals surface area contributed by atoms with Crippen LogP contribution in [0.3, 0.4) is 0 Å². The maximum Gasteiger partial charge on any atom is 0.328 e. The van der Waals surface area contributed by atoms with Crippen molar-refractivity contribution in [2.75, 3.05) is 109 Å². The lowest BCUT2D eigenvalue weighted by atomic mass is 10.0. The summed E-state index contributed by atoms with van der Waals surface area (Å²) >= 11 is 35.2. The first-order valence-corrected chi connectivity index (χ1v) is 35.4. The SMILES string of the molecule is [2H]C([2H])(C)C([2H])([2H])OC(=O)C(Cc1ccc(F)cc1)NC(=O)C(N)Cc1ccc(N(CCCl)CCCl)cc1.[2H]C([2H])(C)COC(=O)C(Cc1ccc(F)cc1)NC(=O)C(N)Cc1ccc(N(CCCl)CCCl)cc1.[2H]C([2H])(C)OC(=O)C(Cc1ccc(F)cc1)NC(=O)C(N)Cc1ccc(N(CCCl)CCCl)cc1. The summed E-state index contributed by atoms with van der Waals surface area (Å²) in [5.74, 6) is -3.41. The van der Waals surface area contributed by atoms with E-state index in [-0.39, 0.29) is 38.5 Å². The van der Waals surface area contributed by atoms with Crippen molar-refractivity contribution in [3.8, 4) is 0 Å². The highest BCUT2D eigenvalue weighted by Crippen LogP contribution is 2.21. The summed E-state index contributed by atoms with van der Waals surface area (Å²) < 4.78 is 115. The minimum Gasteiger partial charge on any atom is -0.464 e. The molecule has 6 rings (SSSR count). The van der Waals surface area contributed by atoms with Gasteiger partial charge in [-0.1, -0.05) is 86.6 Å². The van der Waals surface area contributed by atoms with Gasteiger partial charge in [0.05, 0.1) is 43.3 Å². The van der Waals surface area contributed by atoms with Crippen LogP contribution in [0.4, 0.5) is 30.2 Å². The van der Waals surface area contributed by atoms with Gasteiger partial charge in [-0.15, -0.1) is 69.6 Å². The molecule has 0 saturated heterocycles. The van der Waals surface area contributed by atoms with E-state index in [0.29, 0.717) is 91.2 Å². The van der Waals surface area contributed by atoms with Crippen molar-refractivity contribution in [3.63, 3.8) is 0 Å². The first-order chi connectivity index (χ1) is 51.3. The molecule has 552 valence electrons. The number of rotatable bonds is 41. The Labute approximate surface area is 632 Å². The molecule has 0 radical (unpaired) electrons. The van der Waals surface area contributed by atoms with E-state index in [1.54, 1.807) is 0 Å². The number of alkyl halides is 6. The standard InChI is InChI=1S/2C25H32Cl2FN3O3.C24H30Cl2FN3O3/c2*1-2-15-34-25(33)23(17-19-3-7-20(28)8-4-19)30-24(32)22(29)16-18-5-9-21(10-6-18)31(13-11-26)14-12-27;1-2-33-24(32)22(16-18-3-7-19(27)8-4-18)29-23(31)21(28)15-17-5-9-20(10-6-17)30(13-11-25)14-12-26/h2*3-10,22-23H,2,11-17,29H2,1H3,(H,30,32);3-10,21-22H,2,11-16,28H2,1H3,(H,29,31)/i2D2,15D2;2*2D2. The topological polar surface area (TPSA) is 254 Å². The Kier molecular flexibility index (Phi) is 35.6. The average Bonchev–Trinajstić information content (AvgIpc) is 0.825. The highest BCUT2D eigenvalue weighted by atomic mass is 35.5. The third-order valence-corrected chi connectivity index (χ3v) is 16.1. The van der Waals surface area contributed by atoms with Gasteiger partial charge in [0.1, 0.15) is 35.6 Å². The number of nitrogens with two attached hydrogens (primary N) is 3. The van der Waals surface area contributed by atoms with E-state index < -0.39 is 122 Å². The van der Waals surface area contributed by atoms with Crippen molar-refractivity contribution in [1.29, 1.82) is 0 Å². The summed E-state index contributed by atoms with van der Waals surface area (Å²) in [5.41, 5.74) is 25.2. The van der Waals surface area contributed by atoms with Gasteiger partial charge < -0.3 is 62.1 Å². The number of carbonyl (C=O) groups is 6. The van der Waals surface area contributed by atoms with E-state index in [9.17, 15) is 41.9 Å². The minimum atomic E-state index is -2.96. The van der Waals surface area contributed by atoms with Crippen LogP contribution in [0.15, 0.2) is 146 Å². The molecule has 6 unspecified atom stereocenters. The second kappa shape index (κ2) is 48.8. The van der Waals surface area contributed by atoms with E-state index in [4.69, 9.17) is 112 Å². The fourth-order valence-corrected chi connectivity index (χ4v) is 11.1. The normalized spacial score (nSPS) is 14.4. The predicted octanol–water partition coefficient (Wildman–Crippen LogP) is 10.6. The van der Waals surface area contributed by atoms with Crippen LogP contribution < -0.4 is 47.9 Å². The van der Waals surface area contributed by atoms with Crippen LogP contribution in [0, 0.1) is 17.5 Å². The highest BCUT2D eigenvalue weighted by molar-refractivity contribution is 6.19. The summed E-state index contributed by atoms with van der Waals surface area (Å²) in [6.45, 7) is 1.49. The zero-order valence-corrected chi connectivity index (χ0v) is 60.9. The van der Waals surface area contributed by atoms with Crippen LogP contribution in [0.25, 0.3) is 0 Å².